The van der Waals surface area contributed by atoms with E-state index in [0.717, 1.165) is 16.5 Å². The lowest BCUT2D eigenvalue weighted by Gasteiger charge is -2.21. The molecule has 6 heteroatoms. The molecule has 2 N–H and O–H groups in total. The molecule has 0 bridgehead atoms. The highest BCUT2D eigenvalue weighted by atomic mass is 35.5. The van der Waals surface area contributed by atoms with Gasteiger partial charge in [-0.2, -0.15) is 0 Å². The fourth-order valence-electron chi connectivity index (χ4n) is 2.88. The van der Waals surface area contributed by atoms with Gasteiger partial charge in [-0.05, 0) is 24.6 Å². The van der Waals surface area contributed by atoms with Crippen LogP contribution in [0.2, 0.25) is 5.02 Å². The topological polar surface area (TPSA) is 65.2 Å². The molecule has 0 unspecified atom stereocenters. The van der Waals surface area contributed by atoms with Crippen molar-refractivity contribution in [3.05, 3.63) is 64.8 Å². The van der Waals surface area contributed by atoms with E-state index in [-0.39, 0.29) is 11.8 Å². The van der Waals surface area contributed by atoms with Crippen LogP contribution in [0.5, 0.6) is 0 Å². The second-order valence-electron chi connectivity index (χ2n) is 6.00. The van der Waals surface area contributed by atoms with Crippen molar-refractivity contribution < 1.29 is 9.59 Å². The molecule has 26 heavy (non-hydrogen) atoms. The number of anilines is 1. The number of amides is 2. The normalized spacial score (nSPS) is 10.7. The zero-order valence-electron chi connectivity index (χ0n) is 14.7. The van der Waals surface area contributed by atoms with E-state index in [1.165, 1.54) is 6.92 Å². The molecule has 0 fully saturated rings. The number of benzene rings is 2. The molecule has 0 aliphatic carbocycles. The van der Waals surface area contributed by atoms with Gasteiger partial charge in [-0.15, -0.1) is 0 Å². The highest BCUT2D eigenvalue weighted by molar-refractivity contribution is 6.39. The standard InChI is InChI=1S/C20H20ClN3O2/c1-3-24(13(2)25)12-14-8-4-6-10-16(14)23-20(26)19-18(21)15-9-5-7-11-17(15)22-19/h4-11,22H,3,12H2,1-2H3,(H,23,26). The van der Waals surface area contributed by atoms with E-state index >= 15 is 0 Å². The number of H-pyrrole nitrogens is 1. The predicted molar refractivity (Wildman–Crippen MR) is 104 cm³/mol. The number of para-hydroxylation sites is 2. The summed E-state index contributed by atoms with van der Waals surface area (Å²) in [5, 5.41) is 4.11. The summed E-state index contributed by atoms with van der Waals surface area (Å²) < 4.78 is 0. The monoisotopic (exact) mass is 369 g/mol. The van der Waals surface area contributed by atoms with Crippen LogP contribution in [0.1, 0.15) is 29.9 Å². The first kappa shape index (κ1) is 18.0. The lowest BCUT2D eigenvalue weighted by molar-refractivity contribution is -0.129. The Kier molecular flexibility index (Phi) is 5.28. The van der Waals surface area contributed by atoms with Crippen LogP contribution in [0, 0.1) is 0 Å². The fourth-order valence-corrected chi connectivity index (χ4v) is 3.18. The Bertz CT molecular complexity index is 965. The zero-order valence-corrected chi connectivity index (χ0v) is 15.4. The minimum Gasteiger partial charge on any atom is -0.349 e. The van der Waals surface area contributed by atoms with E-state index in [9.17, 15) is 9.59 Å². The Balaban J connectivity index is 1.87. The maximum atomic E-state index is 12.7. The van der Waals surface area contributed by atoms with Crippen LogP contribution in [0.25, 0.3) is 10.9 Å². The number of carbonyl (C=O) groups is 2. The minimum absolute atomic E-state index is 0.00714. The summed E-state index contributed by atoms with van der Waals surface area (Å²) in [6.45, 7) is 4.50. The van der Waals surface area contributed by atoms with Crippen molar-refractivity contribution in [2.45, 2.75) is 20.4 Å². The van der Waals surface area contributed by atoms with Crippen molar-refractivity contribution in [2.24, 2.45) is 0 Å². The van der Waals surface area contributed by atoms with Crippen LogP contribution in [0.3, 0.4) is 0 Å². The van der Waals surface area contributed by atoms with Crippen molar-refractivity contribution in [1.29, 1.82) is 0 Å². The number of nitrogens with one attached hydrogen (secondary N) is 2. The average Bonchev–Trinajstić information content (AvgIpc) is 2.98. The molecular formula is C20H20ClN3O2. The Labute approximate surface area is 157 Å². The Morgan fingerprint density at radius 1 is 1.12 bits per heavy atom. The zero-order chi connectivity index (χ0) is 18.7. The molecule has 0 saturated heterocycles. The highest BCUT2D eigenvalue weighted by Gasteiger charge is 2.18. The summed E-state index contributed by atoms with van der Waals surface area (Å²) in [4.78, 5) is 29.2. The van der Waals surface area contributed by atoms with Gasteiger partial charge in [0, 0.05) is 36.6 Å². The number of aromatic nitrogens is 1. The van der Waals surface area contributed by atoms with E-state index in [2.05, 4.69) is 10.3 Å². The third kappa shape index (κ3) is 3.58. The number of fused-ring (bicyclic) bond motifs is 1. The number of hydrogen-bond acceptors (Lipinski definition) is 2. The van der Waals surface area contributed by atoms with Crippen LogP contribution < -0.4 is 5.32 Å². The van der Waals surface area contributed by atoms with E-state index < -0.39 is 0 Å². The summed E-state index contributed by atoms with van der Waals surface area (Å²) in [5.41, 5.74) is 2.66. The molecule has 2 aromatic carbocycles. The van der Waals surface area contributed by atoms with Crippen LogP contribution in [0.15, 0.2) is 48.5 Å². The first-order valence-electron chi connectivity index (χ1n) is 8.42. The average molecular weight is 370 g/mol. The summed E-state index contributed by atoms with van der Waals surface area (Å²) in [6.07, 6.45) is 0. The van der Waals surface area contributed by atoms with E-state index in [1.807, 2.05) is 55.5 Å². The summed E-state index contributed by atoms with van der Waals surface area (Å²) in [6, 6.07) is 14.9. The second-order valence-corrected chi connectivity index (χ2v) is 6.38. The highest BCUT2D eigenvalue weighted by Crippen LogP contribution is 2.28. The van der Waals surface area contributed by atoms with Gasteiger partial charge in [-0.3, -0.25) is 9.59 Å². The molecule has 2 amide bonds. The third-order valence-corrected chi connectivity index (χ3v) is 4.72. The van der Waals surface area contributed by atoms with Crippen molar-refractivity contribution >= 4 is 40.0 Å². The Morgan fingerprint density at radius 3 is 2.50 bits per heavy atom. The summed E-state index contributed by atoms with van der Waals surface area (Å²) in [5.74, 6) is -0.322. The van der Waals surface area contributed by atoms with Gasteiger partial charge in [0.25, 0.3) is 5.91 Å². The van der Waals surface area contributed by atoms with Crippen LogP contribution in [-0.4, -0.2) is 28.2 Å². The Morgan fingerprint density at radius 2 is 1.81 bits per heavy atom. The molecule has 0 spiro atoms. The van der Waals surface area contributed by atoms with Gasteiger partial charge < -0.3 is 15.2 Å². The van der Waals surface area contributed by atoms with Gasteiger partial charge in [0.1, 0.15) is 5.69 Å². The maximum Gasteiger partial charge on any atom is 0.273 e. The molecule has 5 nitrogen and oxygen atoms in total. The first-order chi connectivity index (χ1) is 12.5. The minimum atomic E-state index is -0.315. The molecule has 0 aliphatic rings. The van der Waals surface area contributed by atoms with Gasteiger partial charge in [0.2, 0.25) is 5.91 Å². The van der Waals surface area contributed by atoms with Gasteiger partial charge in [-0.1, -0.05) is 48.0 Å². The van der Waals surface area contributed by atoms with Crippen molar-refractivity contribution in [3.8, 4) is 0 Å². The van der Waals surface area contributed by atoms with Gasteiger partial charge >= 0.3 is 0 Å². The predicted octanol–water partition coefficient (Wildman–Crippen LogP) is 4.44. The number of carbonyl (C=O) groups excluding carboxylic acids is 2. The largest absolute Gasteiger partial charge is 0.349 e. The number of halogens is 1. The van der Waals surface area contributed by atoms with Crippen LogP contribution >= 0.6 is 11.6 Å². The fraction of sp³-hybridized carbons (Fsp3) is 0.200. The molecule has 3 rings (SSSR count). The van der Waals surface area contributed by atoms with E-state index in [0.29, 0.717) is 29.5 Å². The summed E-state index contributed by atoms with van der Waals surface area (Å²) in [7, 11) is 0. The molecule has 1 aromatic heterocycles. The van der Waals surface area contributed by atoms with Gasteiger partial charge in [0.05, 0.1) is 5.02 Å². The smallest absolute Gasteiger partial charge is 0.273 e. The van der Waals surface area contributed by atoms with Crippen LogP contribution in [-0.2, 0) is 11.3 Å². The number of nitrogens with zero attached hydrogens (tertiary/aromatic N) is 1. The van der Waals surface area contributed by atoms with Crippen molar-refractivity contribution in [1.82, 2.24) is 9.88 Å². The third-order valence-electron chi connectivity index (χ3n) is 4.32. The SMILES string of the molecule is CCN(Cc1ccccc1NC(=O)c1[nH]c2ccccc2c1Cl)C(C)=O. The van der Waals surface area contributed by atoms with E-state index in [1.54, 1.807) is 4.90 Å². The molecule has 1 heterocycles. The van der Waals surface area contributed by atoms with Gasteiger partial charge in [-0.25, -0.2) is 0 Å². The lowest BCUT2D eigenvalue weighted by Crippen LogP contribution is -2.28. The Hall–Kier alpha value is -2.79. The van der Waals surface area contributed by atoms with Gasteiger partial charge in [0.15, 0.2) is 0 Å². The maximum absolute atomic E-state index is 12.7. The molecule has 0 radical (unpaired) electrons. The molecular weight excluding hydrogens is 350 g/mol. The molecule has 134 valence electrons. The second kappa shape index (κ2) is 7.62. The van der Waals surface area contributed by atoms with Crippen molar-refractivity contribution in [2.75, 3.05) is 11.9 Å². The summed E-state index contributed by atoms with van der Waals surface area (Å²) >= 11 is 6.36. The molecule has 3 aromatic rings. The number of aromatic amines is 1. The number of rotatable bonds is 5. The molecule has 0 aliphatic heterocycles. The van der Waals surface area contributed by atoms with Crippen LogP contribution in [0.4, 0.5) is 5.69 Å². The lowest BCUT2D eigenvalue weighted by atomic mass is 10.1. The quantitative estimate of drug-likeness (QED) is 0.698. The number of hydrogen-bond donors (Lipinski definition) is 2. The van der Waals surface area contributed by atoms with E-state index in [4.69, 9.17) is 11.6 Å². The molecule has 0 atom stereocenters. The molecule has 0 saturated carbocycles. The first-order valence-corrected chi connectivity index (χ1v) is 8.80. The van der Waals surface area contributed by atoms with Crippen molar-refractivity contribution in [3.63, 3.8) is 0 Å².